The molecule has 122 valence electrons. The van der Waals surface area contributed by atoms with E-state index >= 15 is 0 Å². The summed E-state index contributed by atoms with van der Waals surface area (Å²) in [6, 6.07) is 9.18. The Balaban J connectivity index is 2.54. The standard InChI is InChI=1S/C18H20O5/c1-12-14(7-8-19)9-15(16(20)21)11-18(12,17(22)23)10-13-5-3-2-4-6-13/h2-6,9,19H,7-8,10-11H2,1H3,(H,20,21)(H,22,23). The zero-order valence-corrected chi connectivity index (χ0v) is 13.0. The van der Waals surface area contributed by atoms with E-state index in [0.717, 1.165) is 5.56 Å². The van der Waals surface area contributed by atoms with Gasteiger partial charge in [-0.2, -0.15) is 0 Å². The van der Waals surface area contributed by atoms with Crippen molar-refractivity contribution in [3.63, 3.8) is 0 Å². The number of aliphatic hydroxyl groups is 1. The second-order valence-corrected chi connectivity index (χ2v) is 5.82. The zero-order chi connectivity index (χ0) is 17.0. The molecule has 1 aliphatic carbocycles. The molecule has 0 radical (unpaired) electrons. The van der Waals surface area contributed by atoms with Crippen LogP contribution in [0.2, 0.25) is 0 Å². The lowest BCUT2D eigenvalue weighted by Crippen LogP contribution is -2.38. The van der Waals surface area contributed by atoms with Gasteiger partial charge in [0, 0.05) is 12.2 Å². The predicted octanol–water partition coefficient (Wildman–Crippen LogP) is 2.41. The number of benzene rings is 1. The van der Waals surface area contributed by atoms with Gasteiger partial charge in [-0.1, -0.05) is 35.9 Å². The number of allylic oxidation sites excluding steroid dienone is 1. The highest BCUT2D eigenvalue weighted by atomic mass is 16.4. The predicted molar refractivity (Wildman–Crippen MR) is 85.0 cm³/mol. The molecule has 0 heterocycles. The lowest BCUT2D eigenvalue weighted by molar-refractivity contribution is -0.147. The summed E-state index contributed by atoms with van der Waals surface area (Å²) in [6.07, 6.45) is 1.90. The minimum absolute atomic E-state index is 0.0622. The van der Waals surface area contributed by atoms with E-state index in [1.807, 2.05) is 30.3 Å². The van der Waals surface area contributed by atoms with Crippen LogP contribution in [0.4, 0.5) is 0 Å². The van der Waals surface area contributed by atoms with E-state index in [9.17, 15) is 24.9 Å². The van der Waals surface area contributed by atoms with Crippen molar-refractivity contribution in [1.82, 2.24) is 0 Å². The van der Waals surface area contributed by atoms with Crippen molar-refractivity contribution in [1.29, 1.82) is 0 Å². The van der Waals surface area contributed by atoms with Crippen LogP contribution < -0.4 is 0 Å². The molecule has 23 heavy (non-hydrogen) atoms. The van der Waals surface area contributed by atoms with Crippen LogP contribution in [-0.4, -0.2) is 33.9 Å². The van der Waals surface area contributed by atoms with Crippen LogP contribution in [0.3, 0.4) is 0 Å². The number of aliphatic carboxylic acids is 2. The summed E-state index contributed by atoms with van der Waals surface area (Å²) in [4.78, 5) is 23.5. The molecule has 0 fully saturated rings. The topological polar surface area (TPSA) is 94.8 Å². The van der Waals surface area contributed by atoms with E-state index in [4.69, 9.17) is 0 Å². The van der Waals surface area contributed by atoms with Crippen molar-refractivity contribution in [2.24, 2.45) is 5.41 Å². The Morgan fingerprint density at radius 2 is 1.83 bits per heavy atom. The van der Waals surface area contributed by atoms with E-state index in [1.54, 1.807) is 6.92 Å². The Kier molecular flexibility index (Phi) is 5.01. The number of rotatable bonds is 6. The van der Waals surface area contributed by atoms with Crippen molar-refractivity contribution in [2.75, 3.05) is 6.61 Å². The molecule has 1 aliphatic rings. The largest absolute Gasteiger partial charge is 0.481 e. The molecule has 1 unspecified atom stereocenters. The first kappa shape index (κ1) is 17.0. The van der Waals surface area contributed by atoms with Crippen molar-refractivity contribution in [3.8, 4) is 0 Å². The minimum Gasteiger partial charge on any atom is -0.481 e. The van der Waals surface area contributed by atoms with Gasteiger partial charge in [-0.25, -0.2) is 4.79 Å². The van der Waals surface area contributed by atoms with E-state index in [0.29, 0.717) is 11.1 Å². The first-order valence-corrected chi connectivity index (χ1v) is 7.43. The molecule has 0 spiro atoms. The molecule has 0 amide bonds. The van der Waals surface area contributed by atoms with Gasteiger partial charge in [-0.15, -0.1) is 0 Å². The third-order valence-electron chi connectivity index (χ3n) is 4.45. The molecule has 1 atom stereocenters. The summed E-state index contributed by atoms with van der Waals surface area (Å²) in [5.74, 6) is -2.16. The van der Waals surface area contributed by atoms with Gasteiger partial charge >= 0.3 is 11.9 Å². The normalized spacial score (nSPS) is 21.0. The second kappa shape index (κ2) is 6.79. The Morgan fingerprint density at radius 1 is 1.17 bits per heavy atom. The van der Waals surface area contributed by atoms with Gasteiger partial charge < -0.3 is 15.3 Å². The smallest absolute Gasteiger partial charge is 0.331 e. The molecule has 0 bridgehead atoms. The Labute approximate surface area is 134 Å². The molecule has 5 heteroatoms. The van der Waals surface area contributed by atoms with Gasteiger partial charge in [0.1, 0.15) is 0 Å². The molecular formula is C18H20O5. The molecule has 1 aromatic rings. The van der Waals surface area contributed by atoms with E-state index in [2.05, 4.69) is 0 Å². The van der Waals surface area contributed by atoms with Crippen LogP contribution >= 0.6 is 0 Å². The van der Waals surface area contributed by atoms with E-state index in [-0.39, 0.29) is 31.4 Å². The molecule has 0 saturated heterocycles. The summed E-state index contributed by atoms with van der Waals surface area (Å²) >= 11 is 0. The van der Waals surface area contributed by atoms with Gasteiger partial charge in [0.25, 0.3) is 0 Å². The minimum atomic E-state index is -1.30. The summed E-state index contributed by atoms with van der Waals surface area (Å²) in [5.41, 5.74) is 0.818. The molecule has 5 nitrogen and oxygen atoms in total. The third kappa shape index (κ3) is 3.35. The van der Waals surface area contributed by atoms with E-state index in [1.165, 1.54) is 6.08 Å². The van der Waals surface area contributed by atoms with Gasteiger partial charge in [0.05, 0.1) is 5.41 Å². The molecule has 3 N–H and O–H groups in total. The fourth-order valence-corrected chi connectivity index (χ4v) is 3.10. The number of hydrogen-bond donors (Lipinski definition) is 3. The highest BCUT2D eigenvalue weighted by Crippen LogP contribution is 2.44. The summed E-state index contributed by atoms with van der Waals surface area (Å²) in [6.45, 7) is 1.56. The maximum atomic E-state index is 12.1. The Hall–Kier alpha value is -2.40. The number of carboxylic acids is 2. The molecule has 1 aromatic carbocycles. The van der Waals surface area contributed by atoms with Crippen LogP contribution in [0, 0.1) is 5.41 Å². The first-order valence-electron chi connectivity index (χ1n) is 7.43. The van der Waals surface area contributed by atoms with Gasteiger partial charge in [0.2, 0.25) is 0 Å². The molecule has 0 saturated carbocycles. The van der Waals surface area contributed by atoms with Crippen LogP contribution in [0.1, 0.15) is 25.3 Å². The maximum Gasteiger partial charge on any atom is 0.331 e. The van der Waals surface area contributed by atoms with Gasteiger partial charge in [0.15, 0.2) is 0 Å². The number of aliphatic hydroxyl groups excluding tert-OH is 1. The van der Waals surface area contributed by atoms with Crippen LogP contribution in [0.15, 0.2) is 53.1 Å². The third-order valence-corrected chi connectivity index (χ3v) is 4.45. The van der Waals surface area contributed by atoms with Crippen molar-refractivity contribution in [3.05, 3.63) is 58.7 Å². The summed E-state index contributed by atoms with van der Waals surface area (Å²) in [7, 11) is 0. The highest BCUT2D eigenvalue weighted by Gasteiger charge is 2.45. The van der Waals surface area contributed by atoms with Gasteiger partial charge in [-0.3, -0.25) is 4.79 Å². The van der Waals surface area contributed by atoms with Crippen molar-refractivity contribution >= 4 is 11.9 Å². The number of carbonyl (C=O) groups is 2. The SMILES string of the molecule is CC1=C(CCO)C=C(C(=O)O)CC1(Cc1ccccc1)C(=O)O. The first-order chi connectivity index (χ1) is 10.9. The van der Waals surface area contributed by atoms with Crippen LogP contribution in [0.5, 0.6) is 0 Å². The van der Waals surface area contributed by atoms with Gasteiger partial charge in [-0.05, 0) is 43.4 Å². The molecular weight excluding hydrogens is 296 g/mol. The molecule has 0 aliphatic heterocycles. The zero-order valence-electron chi connectivity index (χ0n) is 13.0. The Bertz CT molecular complexity index is 672. The average Bonchev–Trinajstić information content (AvgIpc) is 2.52. The van der Waals surface area contributed by atoms with Crippen molar-refractivity contribution in [2.45, 2.75) is 26.2 Å². The Morgan fingerprint density at radius 3 is 2.35 bits per heavy atom. The van der Waals surface area contributed by atoms with E-state index < -0.39 is 17.4 Å². The fourth-order valence-electron chi connectivity index (χ4n) is 3.10. The second-order valence-electron chi connectivity index (χ2n) is 5.82. The quantitative estimate of drug-likeness (QED) is 0.749. The lowest BCUT2D eigenvalue weighted by Gasteiger charge is -2.35. The summed E-state index contributed by atoms with van der Waals surface area (Å²) < 4.78 is 0. The lowest BCUT2D eigenvalue weighted by atomic mass is 9.66. The number of hydrogen-bond acceptors (Lipinski definition) is 3. The van der Waals surface area contributed by atoms with Crippen LogP contribution in [0.25, 0.3) is 0 Å². The molecule has 2 rings (SSSR count). The number of carboxylic acid groups (broad SMARTS) is 2. The van der Waals surface area contributed by atoms with Crippen molar-refractivity contribution < 1.29 is 24.9 Å². The summed E-state index contributed by atoms with van der Waals surface area (Å²) in [5, 5.41) is 28.4. The monoisotopic (exact) mass is 316 g/mol. The molecule has 0 aromatic heterocycles. The van der Waals surface area contributed by atoms with Crippen LogP contribution in [-0.2, 0) is 16.0 Å². The average molecular weight is 316 g/mol. The fraction of sp³-hybridized carbons (Fsp3) is 0.333. The highest BCUT2D eigenvalue weighted by molar-refractivity contribution is 5.91. The maximum absolute atomic E-state index is 12.1.